The van der Waals surface area contributed by atoms with Crippen LogP contribution in [0.25, 0.3) is 0 Å². The van der Waals surface area contributed by atoms with Gasteiger partial charge in [0.05, 0.1) is 25.0 Å². The van der Waals surface area contributed by atoms with Crippen molar-refractivity contribution >= 4 is 11.6 Å². The SMILES string of the molecule is COc1ccc(C(=O)N2CCC[C@H](n3ncc(N4CCN(C)CC4)cc3=O)C2)cc1. The molecule has 2 aliphatic heterocycles. The van der Waals surface area contributed by atoms with Crippen molar-refractivity contribution in [1.82, 2.24) is 19.6 Å². The highest BCUT2D eigenvalue weighted by Gasteiger charge is 2.27. The molecule has 2 saturated heterocycles. The number of piperidine rings is 1. The molecule has 2 aliphatic rings. The third kappa shape index (κ3) is 4.33. The van der Waals surface area contributed by atoms with Crippen LogP contribution in [0.2, 0.25) is 0 Å². The number of methoxy groups -OCH3 is 1. The molecule has 0 unspecified atom stereocenters. The lowest BCUT2D eigenvalue weighted by molar-refractivity contribution is 0.0670. The quantitative estimate of drug-likeness (QED) is 0.759. The van der Waals surface area contributed by atoms with Gasteiger partial charge in [0.25, 0.3) is 11.5 Å². The van der Waals surface area contributed by atoms with E-state index in [9.17, 15) is 9.59 Å². The second kappa shape index (κ2) is 8.87. The smallest absolute Gasteiger partial charge is 0.269 e. The summed E-state index contributed by atoms with van der Waals surface area (Å²) in [6.07, 6.45) is 3.48. The molecule has 2 aromatic rings. The first-order valence-corrected chi connectivity index (χ1v) is 10.5. The Labute approximate surface area is 176 Å². The fourth-order valence-corrected chi connectivity index (χ4v) is 4.17. The van der Waals surface area contributed by atoms with Crippen LogP contribution in [0.4, 0.5) is 5.69 Å². The van der Waals surface area contributed by atoms with Crippen LogP contribution in [0.15, 0.2) is 41.3 Å². The lowest BCUT2D eigenvalue weighted by Gasteiger charge is -2.35. The van der Waals surface area contributed by atoms with Crippen molar-refractivity contribution in [3.63, 3.8) is 0 Å². The van der Waals surface area contributed by atoms with E-state index in [1.165, 1.54) is 0 Å². The fraction of sp³-hybridized carbons (Fsp3) is 0.500. The van der Waals surface area contributed by atoms with E-state index in [1.807, 2.05) is 4.90 Å². The summed E-state index contributed by atoms with van der Waals surface area (Å²) in [4.78, 5) is 32.0. The average molecular weight is 412 g/mol. The summed E-state index contributed by atoms with van der Waals surface area (Å²) in [5, 5.41) is 4.48. The summed E-state index contributed by atoms with van der Waals surface area (Å²) in [6, 6.07) is 8.72. The predicted octanol–water partition coefficient (Wildman–Crippen LogP) is 1.48. The molecule has 2 fully saturated rings. The number of hydrogen-bond donors (Lipinski definition) is 0. The minimum absolute atomic E-state index is 0.0236. The van der Waals surface area contributed by atoms with Gasteiger partial charge in [-0.15, -0.1) is 0 Å². The number of likely N-dealkylation sites (tertiary alicyclic amines) is 1. The van der Waals surface area contributed by atoms with Gasteiger partial charge >= 0.3 is 0 Å². The zero-order valence-corrected chi connectivity index (χ0v) is 17.7. The largest absolute Gasteiger partial charge is 0.497 e. The molecule has 1 atom stereocenters. The maximum atomic E-state index is 12.9. The van der Waals surface area contributed by atoms with Gasteiger partial charge in [-0.3, -0.25) is 9.59 Å². The van der Waals surface area contributed by atoms with E-state index in [0.717, 1.165) is 50.5 Å². The molecule has 1 aromatic heterocycles. The number of carbonyl (C=O) groups is 1. The van der Waals surface area contributed by atoms with Gasteiger partial charge in [0.1, 0.15) is 5.75 Å². The third-order valence-corrected chi connectivity index (χ3v) is 6.05. The highest BCUT2D eigenvalue weighted by Crippen LogP contribution is 2.23. The molecule has 0 N–H and O–H groups in total. The molecule has 8 nitrogen and oxygen atoms in total. The van der Waals surface area contributed by atoms with Crippen molar-refractivity contribution in [3.05, 3.63) is 52.4 Å². The number of hydrogen-bond acceptors (Lipinski definition) is 6. The van der Waals surface area contributed by atoms with Gasteiger partial charge < -0.3 is 19.4 Å². The Bertz CT molecular complexity index is 935. The van der Waals surface area contributed by atoms with Crippen molar-refractivity contribution in [3.8, 4) is 5.75 Å². The fourth-order valence-electron chi connectivity index (χ4n) is 4.17. The van der Waals surface area contributed by atoms with Crippen molar-refractivity contribution in [2.45, 2.75) is 18.9 Å². The molecule has 1 aromatic carbocycles. The van der Waals surface area contributed by atoms with Gasteiger partial charge in [0.15, 0.2) is 0 Å². The summed E-state index contributed by atoms with van der Waals surface area (Å²) >= 11 is 0. The van der Waals surface area contributed by atoms with Gasteiger partial charge in [0, 0.05) is 50.9 Å². The number of ether oxygens (including phenoxy) is 1. The number of benzene rings is 1. The van der Waals surface area contributed by atoms with Crippen LogP contribution in [-0.4, -0.2) is 78.9 Å². The van der Waals surface area contributed by atoms with Gasteiger partial charge in [-0.1, -0.05) is 0 Å². The second-order valence-electron chi connectivity index (χ2n) is 8.06. The number of rotatable bonds is 4. The Morgan fingerprint density at radius 3 is 2.50 bits per heavy atom. The van der Waals surface area contributed by atoms with E-state index in [0.29, 0.717) is 18.7 Å². The topological polar surface area (TPSA) is 70.9 Å². The molecular weight excluding hydrogens is 382 g/mol. The standard InChI is InChI=1S/C22H29N5O3/c1-24-10-12-25(13-11-24)19-14-21(28)27(23-15-19)18-4-3-9-26(16-18)22(29)17-5-7-20(30-2)8-6-17/h5-8,14-15,18H,3-4,9-13,16H2,1-2H3/t18-/m0/s1. The van der Waals surface area contributed by atoms with Crippen molar-refractivity contribution in [1.29, 1.82) is 0 Å². The molecule has 30 heavy (non-hydrogen) atoms. The molecule has 0 spiro atoms. The number of aromatic nitrogens is 2. The Kier molecular flexibility index (Phi) is 6.03. The van der Waals surface area contributed by atoms with Crippen LogP contribution in [0, 0.1) is 0 Å². The lowest BCUT2D eigenvalue weighted by atomic mass is 10.0. The summed E-state index contributed by atoms with van der Waals surface area (Å²) in [5.41, 5.74) is 1.41. The number of amides is 1. The molecule has 1 amide bonds. The van der Waals surface area contributed by atoms with Gasteiger partial charge in [-0.2, -0.15) is 5.10 Å². The average Bonchev–Trinajstić information content (AvgIpc) is 2.79. The monoisotopic (exact) mass is 411 g/mol. The number of nitrogens with zero attached hydrogens (tertiary/aromatic N) is 5. The molecule has 0 radical (unpaired) electrons. The van der Waals surface area contributed by atoms with Crippen LogP contribution in [-0.2, 0) is 0 Å². The van der Waals surface area contributed by atoms with Crippen molar-refractivity contribution in [2.75, 3.05) is 58.3 Å². The number of piperazine rings is 1. The molecule has 4 rings (SSSR count). The van der Waals surface area contributed by atoms with E-state index in [4.69, 9.17) is 4.74 Å². The molecule has 3 heterocycles. The predicted molar refractivity (Wildman–Crippen MR) is 115 cm³/mol. The molecule has 0 bridgehead atoms. The summed E-state index contributed by atoms with van der Waals surface area (Å²) < 4.78 is 6.71. The van der Waals surface area contributed by atoms with Crippen molar-refractivity contribution in [2.24, 2.45) is 0 Å². The van der Waals surface area contributed by atoms with Crippen LogP contribution in [0.5, 0.6) is 5.75 Å². The van der Waals surface area contributed by atoms with Gasteiger partial charge in [-0.05, 0) is 44.2 Å². The first-order chi connectivity index (χ1) is 14.5. The Hall–Kier alpha value is -2.87. The van der Waals surface area contributed by atoms with E-state index >= 15 is 0 Å². The zero-order chi connectivity index (χ0) is 21.1. The van der Waals surface area contributed by atoms with Crippen LogP contribution >= 0.6 is 0 Å². The lowest BCUT2D eigenvalue weighted by Crippen LogP contribution is -2.46. The zero-order valence-electron chi connectivity index (χ0n) is 17.7. The van der Waals surface area contributed by atoms with Crippen molar-refractivity contribution < 1.29 is 9.53 Å². The van der Waals surface area contributed by atoms with E-state index < -0.39 is 0 Å². The van der Waals surface area contributed by atoms with E-state index in [-0.39, 0.29) is 17.5 Å². The summed E-state index contributed by atoms with van der Waals surface area (Å²) in [5.74, 6) is 0.698. The molecule has 0 aliphatic carbocycles. The number of carbonyl (C=O) groups excluding carboxylic acids is 1. The first kappa shape index (κ1) is 20.4. The highest BCUT2D eigenvalue weighted by molar-refractivity contribution is 5.94. The third-order valence-electron chi connectivity index (χ3n) is 6.05. The van der Waals surface area contributed by atoms with Crippen LogP contribution in [0.3, 0.4) is 0 Å². The molecule has 160 valence electrons. The maximum absolute atomic E-state index is 12.9. The Morgan fingerprint density at radius 1 is 1.10 bits per heavy atom. The first-order valence-electron chi connectivity index (χ1n) is 10.5. The van der Waals surface area contributed by atoms with E-state index in [1.54, 1.807) is 48.3 Å². The van der Waals surface area contributed by atoms with Crippen LogP contribution < -0.4 is 15.2 Å². The number of anilines is 1. The molecule has 0 saturated carbocycles. The minimum Gasteiger partial charge on any atom is -0.497 e. The molecular formula is C22H29N5O3. The summed E-state index contributed by atoms with van der Waals surface area (Å²) in [7, 11) is 3.71. The minimum atomic E-state index is -0.102. The second-order valence-corrected chi connectivity index (χ2v) is 8.06. The Morgan fingerprint density at radius 2 is 1.83 bits per heavy atom. The van der Waals surface area contributed by atoms with Gasteiger partial charge in [-0.25, -0.2) is 4.68 Å². The number of likely N-dealkylation sites (N-methyl/N-ethyl adjacent to an activating group) is 1. The molecule has 8 heteroatoms. The Balaban J connectivity index is 1.46. The van der Waals surface area contributed by atoms with Crippen LogP contribution in [0.1, 0.15) is 29.2 Å². The normalized spacial score (nSPS) is 20.3. The summed E-state index contributed by atoms with van der Waals surface area (Å²) in [6.45, 7) is 4.94. The van der Waals surface area contributed by atoms with E-state index in [2.05, 4.69) is 21.9 Å². The van der Waals surface area contributed by atoms with Gasteiger partial charge in [0.2, 0.25) is 0 Å². The maximum Gasteiger partial charge on any atom is 0.269 e. The highest BCUT2D eigenvalue weighted by atomic mass is 16.5.